The minimum absolute atomic E-state index is 0.0314. The molecule has 2 heterocycles. The third kappa shape index (κ3) is 10.8. The standard InChI is InChI=1S/C43H54ClN3O11/c1-25(15-18-54-33-14-13-28(20-30(33)44)23-47(17-16-46(3)4)22-27-9-6-5-7-10-27)39-32(49)21-34(57-39)58-40-29(11-8-12-31(40)48)19-26(2)43(53)45-35-36(50)38(52)42-41(37(35)51)55-24-56-42/h5-15,19-20,32,34-39,41-42,48-52H,16-18,21-24H2,1-4H3,(H,45,53)/b25-15+,26-19?/t32-,34-,35+,36-,37+,38+,39+,41-,42+/m0/s1. The molecular weight excluding hydrogens is 770 g/mol. The zero-order valence-corrected chi connectivity index (χ0v) is 33.9. The van der Waals surface area contributed by atoms with Gasteiger partial charge in [0.15, 0.2) is 11.5 Å². The number of carbonyl (C=O) groups is 1. The largest absolute Gasteiger partial charge is 0.504 e. The first kappa shape index (κ1) is 43.5. The van der Waals surface area contributed by atoms with Crippen LogP contribution in [0.5, 0.6) is 17.2 Å². The highest BCUT2D eigenvalue weighted by atomic mass is 35.5. The molecule has 0 radical (unpaired) electrons. The molecule has 0 aromatic heterocycles. The molecular formula is C43H54ClN3O11. The van der Waals surface area contributed by atoms with Crippen LogP contribution in [0.3, 0.4) is 0 Å². The van der Waals surface area contributed by atoms with Gasteiger partial charge in [-0.2, -0.15) is 0 Å². The summed E-state index contributed by atoms with van der Waals surface area (Å²) < 4.78 is 28.8. The summed E-state index contributed by atoms with van der Waals surface area (Å²) in [4.78, 5) is 17.8. The van der Waals surface area contributed by atoms with E-state index in [4.69, 9.17) is 35.3 Å². The molecule has 6 rings (SSSR count). The van der Waals surface area contributed by atoms with Crippen LogP contribution in [0, 0.1) is 0 Å². The van der Waals surface area contributed by atoms with E-state index in [9.17, 15) is 30.3 Å². The lowest BCUT2D eigenvalue weighted by atomic mass is 9.83. The van der Waals surface area contributed by atoms with Gasteiger partial charge in [-0.25, -0.2) is 0 Å². The number of halogens is 1. The lowest BCUT2D eigenvalue weighted by molar-refractivity contribution is -0.155. The number of aromatic hydroxyl groups is 1. The fraction of sp³-hybridized carbons (Fsp3) is 0.465. The number of benzene rings is 3. The quantitative estimate of drug-likeness (QED) is 0.0917. The Morgan fingerprint density at radius 3 is 2.36 bits per heavy atom. The van der Waals surface area contributed by atoms with Crippen molar-refractivity contribution in [3.05, 3.63) is 106 Å². The van der Waals surface area contributed by atoms with Gasteiger partial charge < -0.3 is 59.4 Å². The van der Waals surface area contributed by atoms with E-state index in [1.165, 1.54) is 24.6 Å². The van der Waals surface area contributed by atoms with Crippen LogP contribution in [0.4, 0.5) is 0 Å². The number of amides is 1. The smallest absolute Gasteiger partial charge is 0.247 e. The number of aliphatic hydroxyl groups excluding tert-OH is 4. The van der Waals surface area contributed by atoms with Crippen LogP contribution in [0.1, 0.15) is 37.0 Å². The number of rotatable bonds is 16. The monoisotopic (exact) mass is 823 g/mol. The van der Waals surface area contributed by atoms with Crippen LogP contribution in [0.15, 0.2) is 84.0 Å². The van der Waals surface area contributed by atoms with Crippen molar-refractivity contribution in [1.82, 2.24) is 15.1 Å². The number of aliphatic hydroxyl groups is 4. The molecule has 14 nitrogen and oxygen atoms in total. The predicted octanol–water partition coefficient (Wildman–Crippen LogP) is 3.22. The van der Waals surface area contributed by atoms with Gasteiger partial charge in [-0.05, 0) is 75.0 Å². The van der Waals surface area contributed by atoms with Crippen molar-refractivity contribution in [2.75, 3.05) is 40.6 Å². The number of nitrogens with one attached hydrogen (secondary N) is 1. The van der Waals surface area contributed by atoms with E-state index in [0.717, 1.165) is 31.7 Å². The number of carbonyl (C=O) groups excluding carboxylic acids is 1. The summed E-state index contributed by atoms with van der Waals surface area (Å²) in [6, 6.07) is 19.6. The van der Waals surface area contributed by atoms with Gasteiger partial charge in [0.2, 0.25) is 12.2 Å². The molecule has 1 saturated carbocycles. The number of ether oxygens (including phenoxy) is 5. The number of hydrogen-bond acceptors (Lipinski definition) is 13. The van der Waals surface area contributed by atoms with E-state index in [0.29, 0.717) is 21.9 Å². The number of likely N-dealkylation sites (N-methyl/N-ethyl adjacent to an activating group) is 1. The van der Waals surface area contributed by atoms with Crippen molar-refractivity contribution < 1.29 is 54.0 Å². The maximum atomic E-state index is 13.2. The summed E-state index contributed by atoms with van der Waals surface area (Å²) in [6.07, 6.45) is -5.23. The summed E-state index contributed by atoms with van der Waals surface area (Å²) >= 11 is 6.68. The SMILES string of the molecule is CC(=Cc1cccc(O)c1O[C@H]1C[C@H](O)[C@@H](/C(C)=C/COc2ccc(CN(CCN(C)C)Cc3ccccc3)cc2Cl)O1)C(=O)N[C@@H]1[C@H](O)[C@@H](O)[C@H]2OCO[C@H]2[C@@H]1O. The van der Waals surface area contributed by atoms with E-state index in [2.05, 4.69) is 41.3 Å². The predicted molar refractivity (Wildman–Crippen MR) is 216 cm³/mol. The first-order valence-electron chi connectivity index (χ1n) is 19.4. The number of phenols is 1. The van der Waals surface area contributed by atoms with Gasteiger partial charge in [-0.15, -0.1) is 0 Å². The fourth-order valence-electron chi connectivity index (χ4n) is 7.35. The number of nitrogens with zero attached hydrogens (tertiary/aromatic N) is 2. The Morgan fingerprint density at radius 2 is 1.64 bits per heavy atom. The molecule has 2 saturated heterocycles. The number of phenolic OH excluding ortho intramolecular Hbond substituents is 1. The summed E-state index contributed by atoms with van der Waals surface area (Å²) in [7, 11) is 4.13. The summed E-state index contributed by atoms with van der Waals surface area (Å²) in [6.45, 7) is 6.72. The molecule has 314 valence electrons. The normalized spacial score (nSPS) is 27.5. The van der Waals surface area contributed by atoms with Gasteiger partial charge in [0.25, 0.3) is 0 Å². The molecule has 3 aromatic carbocycles. The molecule has 15 heteroatoms. The van der Waals surface area contributed by atoms with Gasteiger partial charge >= 0.3 is 0 Å². The maximum Gasteiger partial charge on any atom is 0.247 e. The van der Waals surface area contributed by atoms with Gasteiger partial charge in [-0.1, -0.05) is 60.1 Å². The Kier molecular flexibility index (Phi) is 14.9. The minimum Gasteiger partial charge on any atom is -0.504 e. The molecule has 0 bridgehead atoms. The lowest BCUT2D eigenvalue weighted by Gasteiger charge is -2.41. The second kappa shape index (κ2) is 19.8. The molecule has 0 unspecified atom stereocenters. The van der Waals surface area contributed by atoms with Crippen molar-refractivity contribution in [2.24, 2.45) is 0 Å². The Morgan fingerprint density at radius 1 is 0.914 bits per heavy atom. The average Bonchev–Trinajstić information content (AvgIpc) is 3.84. The summed E-state index contributed by atoms with van der Waals surface area (Å²) in [5.41, 5.74) is 3.52. The van der Waals surface area contributed by atoms with Gasteiger partial charge in [0.05, 0.1) is 17.2 Å². The first-order valence-corrected chi connectivity index (χ1v) is 19.7. The van der Waals surface area contributed by atoms with Gasteiger partial charge in [0, 0.05) is 43.7 Å². The summed E-state index contributed by atoms with van der Waals surface area (Å²) in [5, 5.41) is 56.6. The second-order valence-electron chi connectivity index (χ2n) is 15.3. The first-order chi connectivity index (χ1) is 27.8. The molecule has 58 heavy (non-hydrogen) atoms. The Labute approximate surface area is 343 Å². The molecule has 6 N–H and O–H groups in total. The summed E-state index contributed by atoms with van der Waals surface area (Å²) in [5.74, 6) is -0.291. The van der Waals surface area contributed by atoms with Crippen molar-refractivity contribution in [3.63, 3.8) is 0 Å². The van der Waals surface area contributed by atoms with Crippen LogP contribution in [0.25, 0.3) is 6.08 Å². The lowest BCUT2D eigenvalue weighted by Crippen LogP contribution is -2.67. The van der Waals surface area contributed by atoms with Crippen LogP contribution >= 0.6 is 11.6 Å². The molecule has 1 amide bonds. The molecule has 3 aromatic rings. The van der Waals surface area contributed by atoms with E-state index >= 15 is 0 Å². The van der Waals surface area contributed by atoms with Crippen LogP contribution in [0.2, 0.25) is 5.02 Å². The average molecular weight is 824 g/mol. The third-order valence-electron chi connectivity index (χ3n) is 10.6. The zero-order valence-electron chi connectivity index (χ0n) is 33.1. The van der Waals surface area contributed by atoms with E-state index in [1.54, 1.807) is 12.1 Å². The molecule has 3 fully saturated rings. The molecule has 2 aliphatic heterocycles. The second-order valence-corrected chi connectivity index (χ2v) is 15.7. The minimum atomic E-state index is -1.51. The van der Waals surface area contributed by atoms with Crippen LogP contribution < -0.4 is 14.8 Å². The molecule has 3 aliphatic rings. The Hall–Kier alpha value is -4.06. The number of fused-ring (bicyclic) bond motifs is 1. The van der Waals surface area contributed by atoms with Gasteiger partial charge in [-0.3, -0.25) is 9.69 Å². The third-order valence-corrected chi connectivity index (χ3v) is 10.9. The van der Waals surface area contributed by atoms with Gasteiger partial charge in [0.1, 0.15) is 55.8 Å². The highest BCUT2D eigenvalue weighted by Crippen LogP contribution is 2.37. The number of para-hydroxylation sites is 1. The zero-order chi connectivity index (χ0) is 41.5. The van der Waals surface area contributed by atoms with E-state index < -0.39 is 61.0 Å². The molecule has 9 atom stereocenters. The van der Waals surface area contributed by atoms with E-state index in [1.807, 2.05) is 49.4 Å². The highest BCUT2D eigenvalue weighted by molar-refractivity contribution is 6.32. The maximum absolute atomic E-state index is 13.2. The van der Waals surface area contributed by atoms with Crippen molar-refractivity contribution in [1.29, 1.82) is 0 Å². The fourth-order valence-corrected chi connectivity index (χ4v) is 7.60. The van der Waals surface area contributed by atoms with Crippen molar-refractivity contribution in [2.45, 2.75) is 88.4 Å². The topological polar surface area (TPSA) is 183 Å². The Bertz CT molecular complexity index is 1910. The van der Waals surface area contributed by atoms with Crippen molar-refractivity contribution >= 4 is 23.6 Å². The molecule has 1 aliphatic carbocycles. The van der Waals surface area contributed by atoms with E-state index in [-0.39, 0.29) is 36.9 Å². The highest BCUT2D eigenvalue weighted by Gasteiger charge is 2.53. The Balaban J connectivity index is 1.04. The molecule has 0 spiro atoms. The number of hydrogen-bond donors (Lipinski definition) is 6. The van der Waals surface area contributed by atoms with Crippen molar-refractivity contribution in [3.8, 4) is 17.2 Å². The van der Waals surface area contributed by atoms with Crippen LogP contribution in [-0.4, -0.2) is 137 Å². The van der Waals surface area contributed by atoms with Crippen LogP contribution in [-0.2, 0) is 32.1 Å².